The number of unbranched alkanes of at least 4 members (excludes halogenated alkanes) is 8. The largest absolute Gasteiger partial charge is 0.481 e. The lowest BCUT2D eigenvalue weighted by molar-refractivity contribution is -0.173. The van der Waals surface area contributed by atoms with Crippen molar-refractivity contribution in [1.29, 1.82) is 0 Å². The Labute approximate surface area is 184 Å². The van der Waals surface area contributed by atoms with Gasteiger partial charge in [0.05, 0.1) is 0 Å². The van der Waals surface area contributed by atoms with Crippen LogP contribution in [0, 0.1) is 5.92 Å². The van der Waals surface area contributed by atoms with Crippen LogP contribution < -0.4 is 0 Å². The van der Waals surface area contributed by atoms with Gasteiger partial charge in [0, 0.05) is 33.0 Å². The highest BCUT2D eigenvalue weighted by Gasteiger charge is 2.46. The summed E-state index contributed by atoms with van der Waals surface area (Å²) in [5.74, 6) is -7.26. The predicted molar refractivity (Wildman–Crippen MR) is 115 cm³/mol. The molecule has 182 valence electrons. The lowest BCUT2D eigenvalue weighted by Crippen LogP contribution is -2.49. The smallest absolute Gasteiger partial charge is 0.337 e. The Kier molecular flexibility index (Phi) is 15.3. The molecule has 0 aromatic heterocycles. The van der Waals surface area contributed by atoms with Crippen molar-refractivity contribution >= 4 is 11.9 Å². The average molecular weight is 451 g/mol. The van der Waals surface area contributed by atoms with Gasteiger partial charge in [0.1, 0.15) is 5.92 Å². The van der Waals surface area contributed by atoms with Crippen LogP contribution in [0.15, 0.2) is 12.2 Å². The van der Waals surface area contributed by atoms with Crippen LogP contribution in [0.4, 0.5) is 8.78 Å². The Hall–Kier alpha value is -1.54. The Morgan fingerprint density at radius 1 is 0.935 bits per heavy atom. The van der Waals surface area contributed by atoms with E-state index in [0.717, 1.165) is 32.1 Å². The van der Waals surface area contributed by atoms with Crippen molar-refractivity contribution in [3.63, 3.8) is 0 Å². The molecular weight excluding hydrogens is 410 g/mol. The highest BCUT2D eigenvalue weighted by molar-refractivity contribution is 5.86. The maximum atomic E-state index is 13.8. The molecule has 3 N–H and O–H groups in total. The SMILES string of the molecule is CCCCCCCC(F)(F)CCCCCCC=C[C@H](C(=O)O)[C@@](O)(CCOC)C(=O)O. The van der Waals surface area contributed by atoms with E-state index in [2.05, 4.69) is 6.92 Å². The summed E-state index contributed by atoms with van der Waals surface area (Å²) in [6.07, 6.45) is 9.82. The number of methoxy groups -OCH3 is 1. The van der Waals surface area contributed by atoms with E-state index in [1.807, 2.05) is 0 Å². The fourth-order valence-electron chi connectivity index (χ4n) is 3.44. The number of halogens is 2. The fourth-order valence-corrected chi connectivity index (χ4v) is 3.44. The van der Waals surface area contributed by atoms with Gasteiger partial charge in [-0.15, -0.1) is 0 Å². The molecule has 0 aromatic rings. The number of carboxylic acid groups (broad SMARTS) is 2. The van der Waals surface area contributed by atoms with Crippen LogP contribution in [0.25, 0.3) is 0 Å². The van der Waals surface area contributed by atoms with Gasteiger partial charge >= 0.3 is 11.9 Å². The van der Waals surface area contributed by atoms with Crippen molar-refractivity contribution in [3.8, 4) is 0 Å². The zero-order valence-electron chi connectivity index (χ0n) is 19.0. The second kappa shape index (κ2) is 16.1. The summed E-state index contributed by atoms with van der Waals surface area (Å²) in [5.41, 5.74) is -2.46. The van der Waals surface area contributed by atoms with Gasteiger partial charge in [0.2, 0.25) is 5.92 Å². The molecule has 0 rings (SSSR count). The minimum Gasteiger partial charge on any atom is -0.481 e. The first-order valence-corrected chi connectivity index (χ1v) is 11.3. The second-order valence-electron chi connectivity index (χ2n) is 8.19. The van der Waals surface area contributed by atoms with E-state index in [1.165, 1.54) is 19.3 Å². The van der Waals surface area contributed by atoms with Gasteiger partial charge in [-0.25, -0.2) is 13.6 Å². The number of aliphatic carboxylic acids is 2. The van der Waals surface area contributed by atoms with Crippen LogP contribution in [0.1, 0.15) is 90.4 Å². The van der Waals surface area contributed by atoms with E-state index in [-0.39, 0.29) is 25.9 Å². The highest BCUT2D eigenvalue weighted by Crippen LogP contribution is 2.29. The maximum Gasteiger partial charge on any atom is 0.337 e. The molecule has 0 radical (unpaired) electrons. The Morgan fingerprint density at radius 2 is 1.48 bits per heavy atom. The van der Waals surface area contributed by atoms with Crippen LogP contribution in [-0.2, 0) is 14.3 Å². The molecule has 0 aliphatic carbocycles. The van der Waals surface area contributed by atoms with Crippen molar-refractivity contribution in [2.45, 2.75) is 102 Å². The van der Waals surface area contributed by atoms with E-state index in [4.69, 9.17) is 4.74 Å². The van der Waals surface area contributed by atoms with Gasteiger partial charge in [-0.1, -0.05) is 57.6 Å². The van der Waals surface area contributed by atoms with Crippen LogP contribution in [-0.4, -0.2) is 52.5 Å². The zero-order valence-corrected chi connectivity index (χ0v) is 19.0. The van der Waals surface area contributed by atoms with Crippen LogP contribution in [0.5, 0.6) is 0 Å². The molecule has 0 amide bonds. The summed E-state index contributed by atoms with van der Waals surface area (Å²) in [5, 5.41) is 28.9. The first kappa shape index (κ1) is 29.5. The third-order valence-electron chi connectivity index (χ3n) is 5.48. The van der Waals surface area contributed by atoms with Gasteiger partial charge in [-0.3, -0.25) is 4.79 Å². The topological polar surface area (TPSA) is 104 Å². The van der Waals surface area contributed by atoms with E-state index in [9.17, 15) is 33.7 Å². The van der Waals surface area contributed by atoms with Crippen molar-refractivity contribution in [3.05, 3.63) is 12.2 Å². The second-order valence-corrected chi connectivity index (χ2v) is 8.19. The van der Waals surface area contributed by atoms with Gasteiger partial charge in [0.15, 0.2) is 5.60 Å². The van der Waals surface area contributed by atoms with E-state index in [1.54, 1.807) is 0 Å². The van der Waals surface area contributed by atoms with Crippen molar-refractivity contribution in [2.75, 3.05) is 13.7 Å². The Balaban J connectivity index is 4.25. The number of allylic oxidation sites excluding steroid dienone is 1. The molecular formula is C23H40F2O6. The molecule has 8 heteroatoms. The summed E-state index contributed by atoms with van der Waals surface area (Å²) >= 11 is 0. The number of carboxylic acids is 2. The first-order valence-electron chi connectivity index (χ1n) is 11.3. The summed E-state index contributed by atoms with van der Waals surface area (Å²) in [4.78, 5) is 22.9. The molecule has 0 unspecified atom stereocenters. The van der Waals surface area contributed by atoms with E-state index < -0.39 is 29.4 Å². The molecule has 0 aliphatic rings. The highest BCUT2D eigenvalue weighted by atomic mass is 19.3. The zero-order chi connectivity index (χ0) is 23.8. The number of carbonyl (C=O) groups is 2. The van der Waals surface area contributed by atoms with Crippen LogP contribution >= 0.6 is 0 Å². The van der Waals surface area contributed by atoms with Gasteiger partial charge in [-0.05, 0) is 25.7 Å². The monoisotopic (exact) mass is 450 g/mol. The Bertz CT molecular complexity index is 538. The first-order chi connectivity index (χ1) is 14.6. The third kappa shape index (κ3) is 12.8. The summed E-state index contributed by atoms with van der Waals surface area (Å²) < 4.78 is 32.5. The quantitative estimate of drug-likeness (QED) is 0.169. The minimum atomic E-state index is -2.61. The van der Waals surface area contributed by atoms with Crippen molar-refractivity contribution in [1.82, 2.24) is 0 Å². The molecule has 0 saturated carbocycles. The molecule has 0 heterocycles. The summed E-state index contributed by atoms with van der Waals surface area (Å²) in [6, 6.07) is 0. The fraction of sp³-hybridized carbons (Fsp3) is 0.826. The molecule has 0 saturated heterocycles. The number of hydrogen-bond acceptors (Lipinski definition) is 4. The lowest BCUT2D eigenvalue weighted by Gasteiger charge is -2.27. The van der Waals surface area contributed by atoms with Crippen molar-refractivity contribution in [2.24, 2.45) is 5.92 Å². The molecule has 2 atom stereocenters. The minimum absolute atomic E-state index is 0.0500. The number of ether oxygens (including phenoxy) is 1. The number of alkyl halides is 2. The van der Waals surface area contributed by atoms with Gasteiger partial charge in [0.25, 0.3) is 0 Å². The van der Waals surface area contributed by atoms with Crippen LogP contribution in [0.2, 0.25) is 0 Å². The third-order valence-corrected chi connectivity index (χ3v) is 5.48. The number of aliphatic hydroxyl groups is 1. The van der Waals surface area contributed by atoms with Gasteiger partial charge < -0.3 is 20.1 Å². The molecule has 0 aromatic carbocycles. The molecule has 6 nitrogen and oxygen atoms in total. The Morgan fingerprint density at radius 3 is 1.97 bits per heavy atom. The molecule has 0 spiro atoms. The van der Waals surface area contributed by atoms with Gasteiger partial charge in [-0.2, -0.15) is 0 Å². The normalized spacial score (nSPS) is 15.1. The maximum absolute atomic E-state index is 13.8. The molecule has 0 fully saturated rings. The summed E-state index contributed by atoms with van der Waals surface area (Å²) in [6.45, 7) is 2.00. The standard InChI is InChI=1S/C23H40F2O6/c1-3-4-5-9-12-15-22(24,25)16-13-10-7-6-8-11-14-19(20(26)27)23(30,21(28)29)17-18-31-2/h11,14,19,30H,3-10,12-13,15-18H2,1-2H3,(H,26,27)(H,28,29)/t19-,23+/m1/s1. The molecule has 0 aliphatic heterocycles. The summed E-state index contributed by atoms with van der Waals surface area (Å²) in [7, 11) is 1.33. The molecule has 31 heavy (non-hydrogen) atoms. The van der Waals surface area contributed by atoms with Crippen molar-refractivity contribution < 1.29 is 38.4 Å². The predicted octanol–water partition coefficient (Wildman–Crippen LogP) is 5.43. The average Bonchev–Trinajstić information content (AvgIpc) is 2.70. The molecule has 0 bridgehead atoms. The van der Waals surface area contributed by atoms with E-state index >= 15 is 0 Å². The van der Waals surface area contributed by atoms with Crippen LogP contribution in [0.3, 0.4) is 0 Å². The number of rotatable bonds is 20. The number of hydrogen-bond donors (Lipinski definition) is 3. The lowest BCUT2D eigenvalue weighted by atomic mass is 9.84. The van der Waals surface area contributed by atoms with E-state index in [0.29, 0.717) is 32.1 Å².